The first-order chi connectivity index (χ1) is 8.80. The molecule has 1 aromatic carbocycles. The average molecular weight is 262 g/mol. The second-order valence-electron chi connectivity index (χ2n) is 4.79. The van der Waals surface area contributed by atoms with Gasteiger partial charge < -0.3 is 5.11 Å². The molecule has 0 fully saturated rings. The smallest absolute Gasteiger partial charge is 0.274 e. The maximum atomic E-state index is 10.9. The number of aliphatic hydroxyl groups is 1. The van der Waals surface area contributed by atoms with Gasteiger partial charge in [0.1, 0.15) is 11.3 Å². The van der Waals surface area contributed by atoms with Crippen LogP contribution < -0.4 is 0 Å². The lowest BCUT2D eigenvalue weighted by Gasteiger charge is -2.12. The van der Waals surface area contributed by atoms with Crippen molar-refractivity contribution >= 4 is 5.69 Å². The molecule has 1 aromatic heterocycles. The number of benzene rings is 1. The molecule has 0 aliphatic rings. The summed E-state index contributed by atoms with van der Waals surface area (Å²) in [6.45, 7) is 4.85. The Kier molecular flexibility index (Phi) is 3.07. The lowest BCUT2D eigenvalue weighted by atomic mass is 10.1. The molecule has 7 nitrogen and oxygen atoms in total. The molecule has 0 bridgehead atoms. The number of hydrogen-bond donors (Lipinski definition) is 1. The van der Waals surface area contributed by atoms with Gasteiger partial charge in [-0.1, -0.05) is 11.3 Å². The van der Waals surface area contributed by atoms with Gasteiger partial charge in [-0.3, -0.25) is 10.1 Å². The fraction of sp³-hybridized carbons (Fsp3) is 0.333. The fourth-order valence-electron chi connectivity index (χ4n) is 1.72. The first-order valence-electron chi connectivity index (χ1n) is 5.70. The largest absolute Gasteiger partial charge is 0.384 e. The molecule has 0 radical (unpaired) electrons. The highest BCUT2D eigenvalue weighted by atomic mass is 16.6. The number of nitro groups is 1. The fourth-order valence-corrected chi connectivity index (χ4v) is 1.72. The Morgan fingerprint density at radius 2 is 2.11 bits per heavy atom. The van der Waals surface area contributed by atoms with E-state index in [0.29, 0.717) is 16.9 Å². The average Bonchev–Trinajstić information content (AvgIpc) is 2.77. The van der Waals surface area contributed by atoms with Crippen LogP contribution >= 0.6 is 0 Å². The molecule has 0 atom stereocenters. The van der Waals surface area contributed by atoms with Crippen molar-refractivity contribution in [1.82, 2.24) is 15.0 Å². The normalized spacial score (nSPS) is 11.6. The highest BCUT2D eigenvalue weighted by molar-refractivity contribution is 5.52. The van der Waals surface area contributed by atoms with Crippen molar-refractivity contribution in [2.75, 3.05) is 0 Å². The van der Waals surface area contributed by atoms with Gasteiger partial charge in [-0.15, -0.1) is 5.10 Å². The topological polar surface area (TPSA) is 94.1 Å². The lowest BCUT2D eigenvalue weighted by molar-refractivity contribution is -0.385. The maximum absolute atomic E-state index is 10.9. The molecule has 0 aliphatic heterocycles. The molecule has 1 N–H and O–H groups in total. The standard InChI is InChI=1S/C12H14N4O3/c1-8-9(5-4-6-10(8)16(18)19)15-7-11(13-14-15)12(2,3)17/h4-7,17H,1-3H3. The number of aromatic nitrogens is 3. The van der Waals surface area contributed by atoms with Crippen LogP contribution in [-0.4, -0.2) is 25.0 Å². The number of rotatable bonds is 3. The van der Waals surface area contributed by atoms with Crippen LogP contribution in [0.15, 0.2) is 24.4 Å². The molecule has 1 heterocycles. The van der Waals surface area contributed by atoms with Crippen LogP contribution in [0.4, 0.5) is 5.69 Å². The highest BCUT2D eigenvalue weighted by Crippen LogP contribution is 2.24. The van der Waals surface area contributed by atoms with Crippen molar-refractivity contribution in [3.05, 3.63) is 45.8 Å². The zero-order valence-corrected chi connectivity index (χ0v) is 10.9. The van der Waals surface area contributed by atoms with E-state index in [0.717, 1.165) is 0 Å². The van der Waals surface area contributed by atoms with E-state index in [1.807, 2.05) is 0 Å². The van der Waals surface area contributed by atoms with Crippen molar-refractivity contribution in [2.24, 2.45) is 0 Å². The molecule has 7 heteroatoms. The van der Waals surface area contributed by atoms with Gasteiger partial charge in [0.15, 0.2) is 0 Å². The summed E-state index contributed by atoms with van der Waals surface area (Å²) in [5.74, 6) is 0. The predicted molar refractivity (Wildman–Crippen MR) is 68.0 cm³/mol. The minimum atomic E-state index is -1.10. The Labute approximate surface area is 109 Å². The van der Waals surface area contributed by atoms with Gasteiger partial charge in [-0.2, -0.15) is 0 Å². The van der Waals surface area contributed by atoms with Gasteiger partial charge in [-0.25, -0.2) is 4.68 Å². The molecule has 2 rings (SSSR count). The zero-order chi connectivity index (χ0) is 14.2. The van der Waals surface area contributed by atoms with Crippen molar-refractivity contribution in [3.8, 4) is 5.69 Å². The van der Waals surface area contributed by atoms with Crippen LogP contribution in [0.1, 0.15) is 25.1 Å². The van der Waals surface area contributed by atoms with Gasteiger partial charge in [-0.05, 0) is 26.8 Å². The third-order valence-electron chi connectivity index (χ3n) is 2.84. The summed E-state index contributed by atoms with van der Waals surface area (Å²) in [6.07, 6.45) is 1.56. The maximum Gasteiger partial charge on any atom is 0.274 e. The van der Waals surface area contributed by atoms with Crippen LogP contribution in [0, 0.1) is 17.0 Å². The molecule has 0 saturated heterocycles. The van der Waals surface area contributed by atoms with E-state index in [-0.39, 0.29) is 5.69 Å². The van der Waals surface area contributed by atoms with Gasteiger partial charge in [0.05, 0.1) is 22.4 Å². The van der Waals surface area contributed by atoms with Crippen LogP contribution in [0.25, 0.3) is 5.69 Å². The van der Waals surface area contributed by atoms with E-state index in [1.165, 1.54) is 10.7 Å². The van der Waals surface area contributed by atoms with E-state index in [4.69, 9.17) is 0 Å². The van der Waals surface area contributed by atoms with Crippen molar-refractivity contribution in [3.63, 3.8) is 0 Å². The van der Waals surface area contributed by atoms with Crippen LogP contribution in [0.2, 0.25) is 0 Å². The zero-order valence-electron chi connectivity index (χ0n) is 10.9. The highest BCUT2D eigenvalue weighted by Gasteiger charge is 2.22. The summed E-state index contributed by atoms with van der Waals surface area (Å²) >= 11 is 0. The van der Waals surface area contributed by atoms with Crippen molar-refractivity contribution in [1.29, 1.82) is 0 Å². The molecule has 0 unspecified atom stereocenters. The van der Waals surface area contributed by atoms with E-state index >= 15 is 0 Å². The SMILES string of the molecule is Cc1c(-n2cc(C(C)(C)O)nn2)cccc1[N+](=O)[O-]. The summed E-state index contributed by atoms with van der Waals surface area (Å²) in [5.41, 5.74) is 0.389. The molecule has 19 heavy (non-hydrogen) atoms. The second-order valence-corrected chi connectivity index (χ2v) is 4.79. The number of nitro benzene ring substituents is 1. The molecular formula is C12H14N4O3. The summed E-state index contributed by atoms with van der Waals surface area (Å²) in [5, 5.41) is 28.5. The van der Waals surface area contributed by atoms with E-state index in [1.54, 1.807) is 39.1 Å². The summed E-state index contributed by atoms with van der Waals surface area (Å²) < 4.78 is 1.43. The van der Waals surface area contributed by atoms with E-state index in [9.17, 15) is 15.2 Å². The number of nitrogens with zero attached hydrogens (tertiary/aromatic N) is 4. The molecule has 0 amide bonds. The third-order valence-corrected chi connectivity index (χ3v) is 2.84. The van der Waals surface area contributed by atoms with Gasteiger partial charge >= 0.3 is 0 Å². The Morgan fingerprint density at radius 1 is 1.42 bits per heavy atom. The molecule has 0 saturated carbocycles. The Bertz CT molecular complexity index is 628. The lowest BCUT2D eigenvalue weighted by Crippen LogP contribution is -2.15. The summed E-state index contributed by atoms with van der Waals surface area (Å²) in [4.78, 5) is 10.5. The molecule has 2 aromatic rings. The molecule has 0 spiro atoms. The Hall–Kier alpha value is -2.28. The van der Waals surface area contributed by atoms with Crippen LogP contribution in [0.5, 0.6) is 0 Å². The molecular weight excluding hydrogens is 248 g/mol. The van der Waals surface area contributed by atoms with Crippen molar-refractivity contribution in [2.45, 2.75) is 26.4 Å². The minimum absolute atomic E-state index is 0.0257. The van der Waals surface area contributed by atoms with Crippen LogP contribution in [-0.2, 0) is 5.60 Å². The number of hydrogen-bond acceptors (Lipinski definition) is 5. The Morgan fingerprint density at radius 3 is 2.63 bits per heavy atom. The first kappa shape index (κ1) is 13.2. The van der Waals surface area contributed by atoms with Gasteiger partial charge in [0.2, 0.25) is 0 Å². The van der Waals surface area contributed by atoms with Crippen molar-refractivity contribution < 1.29 is 10.0 Å². The predicted octanol–water partition coefficient (Wildman–Crippen LogP) is 1.71. The van der Waals surface area contributed by atoms with Gasteiger partial charge in [0.25, 0.3) is 5.69 Å². The van der Waals surface area contributed by atoms with E-state index < -0.39 is 10.5 Å². The Balaban J connectivity index is 2.51. The summed E-state index contributed by atoms with van der Waals surface area (Å²) in [7, 11) is 0. The quantitative estimate of drug-likeness (QED) is 0.671. The summed E-state index contributed by atoms with van der Waals surface area (Å²) in [6, 6.07) is 4.74. The monoisotopic (exact) mass is 262 g/mol. The van der Waals surface area contributed by atoms with Gasteiger partial charge in [0, 0.05) is 6.07 Å². The molecule has 0 aliphatic carbocycles. The molecule has 100 valence electrons. The van der Waals surface area contributed by atoms with E-state index in [2.05, 4.69) is 10.3 Å². The second kappa shape index (κ2) is 4.43. The van der Waals surface area contributed by atoms with Crippen LogP contribution in [0.3, 0.4) is 0 Å². The third kappa shape index (κ3) is 2.45. The first-order valence-corrected chi connectivity index (χ1v) is 5.70. The minimum Gasteiger partial charge on any atom is -0.384 e.